The molecule has 0 aliphatic heterocycles. The Balaban J connectivity index is 1.61. The fraction of sp³-hybridized carbons (Fsp3) is 0.304. The SMILES string of the molecule is CCOc1ccc(-c2nc(NC(=O)COc3cccc(C(C)C)c3)sc2C)cc1. The number of nitrogens with one attached hydrogen (secondary N) is 1. The Labute approximate surface area is 175 Å². The maximum atomic E-state index is 12.3. The second kappa shape index (κ2) is 9.56. The Hall–Kier alpha value is -2.86. The molecule has 0 fully saturated rings. The lowest BCUT2D eigenvalue weighted by Gasteiger charge is -2.09. The van der Waals surface area contributed by atoms with E-state index in [1.807, 2.05) is 56.3 Å². The van der Waals surface area contributed by atoms with Crippen molar-refractivity contribution < 1.29 is 14.3 Å². The van der Waals surface area contributed by atoms with Crippen LogP contribution in [-0.4, -0.2) is 24.1 Å². The summed E-state index contributed by atoms with van der Waals surface area (Å²) in [6.45, 7) is 8.77. The summed E-state index contributed by atoms with van der Waals surface area (Å²) in [6.07, 6.45) is 0. The molecular weight excluding hydrogens is 384 g/mol. The van der Waals surface area contributed by atoms with E-state index in [4.69, 9.17) is 9.47 Å². The van der Waals surface area contributed by atoms with Gasteiger partial charge in [0.05, 0.1) is 12.3 Å². The summed E-state index contributed by atoms with van der Waals surface area (Å²) in [7, 11) is 0. The molecule has 0 bridgehead atoms. The van der Waals surface area contributed by atoms with E-state index in [-0.39, 0.29) is 12.5 Å². The molecule has 0 aliphatic carbocycles. The van der Waals surface area contributed by atoms with E-state index < -0.39 is 0 Å². The van der Waals surface area contributed by atoms with E-state index in [1.54, 1.807) is 0 Å². The monoisotopic (exact) mass is 410 g/mol. The Bertz CT molecular complexity index is 965. The number of carbonyl (C=O) groups is 1. The topological polar surface area (TPSA) is 60.5 Å². The van der Waals surface area contributed by atoms with Gasteiger partial charge in [0, 0.05) is 10.4 Å². The third-order valence-electron chi connectivity index (χ3n) is 4.38. The van der Waals surface area contributed by atoms with Crippen LogP contribution in [0.5, 0.6) is 11.5 Å². The third kappa shape index (κ3) is 5.57. The zero-order valence-corrected chi connectivity index (χ0v) is 18.0. The first-order valence-electron chi connectivity index (χ1n) is 9.69. The predicted molar refractivity (Wildman–Crippen MR) is 118 cm³/mol. The molecule has 0 saturated heterocycles. The molecule has 0 atom stereocenters. The Morgan fingerprint density at radius 3 is 2.55 bits per heavy atom. The van der Waals surface area contributed by atoms with E-state index >= 15 is 0 Å². The summed E-state index contributed by atoms with van der Waals surface area (Å²) in [5.74, 6) is 1.70. The molecule has 0 saturated carbocycles. The average Bonchev–Trinajstić information content (AvgIpc) is 3.07. The van der Waals surface area contributed by atoms with E-state index in [1.165, 1.54) is 16.9 Å². The highest BCUT2D eigenvalue weighted by atomic mass is 32.1. The van der Waals surface area contributed by atoms with Gasteiger partial charge in [-0.25, -0.2) is 4.98 Å². The van der Waals surface area contributed by atoms with Crippen LogP contribution >= 0.6 is 11.3 Å². The van der Waals surface area contributed by atoms with Crippen LogP contribution < -0.4 is 14.8 Å². The van der Waals surface area contributed by atoms with Gasteiger partial charge >= 0.3 is 0 Å². The molecule has 6 heteroatoms. The number of benzene rings is 2. The number of aryl methyl sites for hydroxylation is 1. The molecule has 5 nitrogen and oxygen atoms in total. The molecule has 1 amide bonds. The fourth-order valence-electron chi connectivity index (χ4n) is 2.86. The second-order valence-electron chi connectivity index (χ2n) is 6.95. The maximum Gasteiger partial charge on any atom is 0.264 e. The van der Waals surface area contributed by atoms with Crippen LogP contribution in [0.1, 0.15) is 37.1 Å². The van der Waals surface area contributed by atoms with E-state index in [0.717, 1.165) is 21.9 Å². The molecule has 29 heavy (non-hydrogen) atoms. The van der Waals surface area contributed by atoms with Crippen LogP contribution in [0.3, 0.4) is 0 Å². The molecule has 0 unspecified atom stereocenters. The van der Waals surface area contributed by atoms with Crippen molar-refractivity contribution in [1.29, 1.82) is 0 Å². The van der Waals surface area contributed by atoms with Gasteiger partial charge < -0.3 is 9.47 Å². The summed E-state index contributed by atoms with van der Waals surface area (Å²) < 4.78 is 11.1. The largest absolute Gasteiger partial charge is 0.494 e. The standard InChI is InChI=1S/C23H26N2O3S/c1-5-27-19-11-9-17(10-12-19)22-16(4)29-23(25-22)24-21(26)14-28-20-8-6-7-18(13-20)15(2)3/h6-13,15H,5,14H2,1-4H3,(H,24,25,26). The number of amides is 1. The number of aromatic nitrogens is 1. The predicted octanol–water partition coefficient (Wildman–Crippen LogP) is 5.66. The highest BCUT2D eigenvalue weighted by Gasteiger charge is 2.13. The molecular formula is C23H26N2O3S. The van der Waals surface area contributed by atoms with Crippen molar-refractivity contribution in [3.05, 3.63) is 59.0 Å². The van der Waals surface area contributed by atoms with E-state index in [9.17, 15) is 4.79 Å². The lowest BCUT2D eigenvalue weighted by molar-refractivity contribution is -0.118. The van der Waals surface area contributed by atoms with E-state index in [2.05, 4.69) is 30.2 Å². The average molecular weight is 411 g/mol. The quantitative estimate of drug-likeness (QED) is 0.521. The Morgan fingerprint density at radius 1 is 1.10 bits per heavy atom. The van der Waals surface area contributed by atoms with Gasteiger partial charge in [0.1, 0.15) is 11.5 Å². The summed E-state index contributed by atoms with van der Waals surface area (Å²) in [5, 5.41) is 3.40. The van der Waals surface area contributed by atoms with Crippen molar-refractivity contribution in [2.75, 3.05) is 18.5 Å². The number of hydrogen-bond acceptors (Lipinski definition) is 5. The van der Waals surface area contributed by atoms with Gasteiger partial charge in [-0.15, -0.1) is 11.3 Å². The normalized spacial score (nSPS) is 10.8. The van der Waals surface area contributed by atoms with Crippen LogP contribution in [0, 0.1) is 6.92 Å². The number of thiazole rings is 1. The summed E-state index contributed by atoms with van der Waals surface area (Å²) in [4.78, 5) is 17.9. The smallest absolute Gasteiger partial charge is 0.264 e. The first-order valence-corrected chi connectivity index (χ1v) is 10.5. The van der Waals surface area contributed by atoms with Gasteiger partial charge in [-0.2, -0.15) is 0 Å². The minimum absolute atomic E-state index is 0.0570. The van der Waals surface area contributed by atoms with Crippen LogP contribution in [-0.2, 0) is 4.79 Å². The van der Waals surface area contributed by atoms with Gasteiger partial charge in [0.25, 0.3) is 5.91 Å². The number of nitrogens with zero attached hydrogens (tertiary/aromatic N) is 1. The fourth-order valence-corrected chi connectivity index (χ4v) is 3.71. The molecule has 0 radical (unpaired) electrons. The summed E-state index contributed by atoms with van der Waals surface area (Å²) in [6, 6.07) is 15.6. The van der Waals surface area contributed by atoms with Gasteiger partial charge in [-0.3, -0.25) is 10.1 Å². The van der Waals surface area contributed by atoms with Crippen LogP contribution in [0.15, 0.2) is 48.5 Å². The summed E-state index contributed by atoms with van der Waals surface area (Å²) >= 11 is 1.45. The first-order chi connectivity index (χ1) is 14.0. The molecule has 1 aromatic heterocycles. The molecule has 1 heterocycles. The lowest BCUT2D eigenvalue weighted by atomic mass is 10.0. The number of rotatable bonds is 8. The van der Waals surface area contributed by atoms with Gasteiger partial charge in [0.2, 0.25) is 0 Å². The molecule has 0 spiro atoms. The summed E-state index contributed by atoms with van der Waals surface area (Å²) in [5.41, 5.74) is 3.03. The second-order valence-corrected chi connectivity index (χ2v) is 8.15. The van der Waals surface area contributed by atoms with Gasteiger partial charge in [-0.1, -0.05) is 26.0 Å². The Morgan fingerprint density at radius 2 is 1.86 bits per heavy atom. The molecule has 152 valence electrons. The van der Waals surface area contributed by atoms with Crippen molar-refractivity contribution in [3.8, 4) is 22.8 Å². The minimum atomic E-state index is -0.230. The minimum Gasteiger partial charge on any atom is -0.494 e. The van der Waals surface area contributed by atoms with Crippen molar-refractivity contribution in [3.63, 3.8) is 0 Å². The van der Waals surface area contributed by atoms with Crippen molar-refractivity contribution in [2.45, 2.75) is 33.6 Å². The first kappa shape index (κ1) is 20.9. The zero-order chi connectivity index (χ0) is 20.8. The molecule has 1 N–H and O–H groups in total. The lowest BCUT2D eigenvalue weighted by Crippen LogP contribution is -2.20. The van der Waals surface area contributed by atoms with Gasteiger partial charge in [-0.05, 0) is 61.7 Å². The third-order valence-corrected chi connectivity index (χ3v) is 5.26. The van der Waals surface area contributed by atoms with Crippen LogP contribution in [0.25, 0.3) is 11.3 Å². The van der Waals surface area contributed by atoms with E-state index in [0.29, 0.717) is 23.4 Å². The number of ether oxygens (including phenoxy) is 2. The number of hydrogen-bond donors (Lipinski definition) is 1. The van der Waals surface area contributed by atoms with Crippen molar-refractivity contribution in [2.24, 2.45) is 0 Å². The number of carbonyl (C=O) groups excluding carboxylic acids is 1. The Kier molecular flexibility index (Phi) is 6.88. The molecule has 2 aromatic carbocycles. The number of anilines is 1. The molecule has 0 aliphatic rings. The zero-order valence-electron chi connectivity index (χ0n) is 17.2. The maximum absolute atomic E-state index is 12.3. The van der Waals surface area contributed by atoms with Crippen molar-refractivity contribution in [1.82, 2.24) is 4.98 Å². The molecule has 3 aromatic rings. The highest BCUT2D eigenvalue weighted by Crippen LogP contribution is 2.31. The van der Waals surface area contributed by atoms with Crippen LogP contribution in [0.2, 0.25) is 0 Å². The molecule has 3 rings (SSSR count). The van der Waals surface area contributed by atoms with Gasteiger partial charge in [0.15, 0.2) is 11.7 Å². The highest BCUT2D eigenvalue weighted by molar-refractivity contribution is 7.16. The van der Waals surface area contributed by atoms with Crippen LogP contribution in [0.4, 0.5) is 5.13 Å². The van der Waals surface area contributed by atoms with Crippen molar-refractivity contribution >= 4 is 22.4 Å².